The van der Waals surface area contributed by atoms with Crippen LogP contribution in [0.15, 0.2) is 52.8 Å². The lowest BCUT2D eigenvalue weighted by molar-refractivity contribution is 0.744. The van der Waals surface area contributed by atoms with E-state index in [1.807, 2.05) is 0 Å². The Hall–Kier alpha value is -1.08. The van der Waals surface area contributed by atoms with E-state index >= 15 is 0 Å². The maximum absolute atomic E-state index is 4.23. The minimum atomic E-state index is 0. The van der Waals surface area contributed by atoms with Gasteiger partial charge in [-0.25, -0.2) is 0 Å². The van der Waals surface area contributed by atoms with Crippen LogP contribution in [0, 0.1) is 0 Å². The van der Waals surface area contributed by atoms with Crippen LogP contribution in [-0.2, 0) is 13.0 Å². The van der Waals surface area contributed by atoms with E-state index in [0.717, 1.165) is 31.9 Å². The monoisotopic (exact) mass is 415 g/mol. The summed E-state index contributed by atoms with van der Waals surface area (Å²) in [4.78, 5) is 5.55. The summed E-state index contributed by atoms with van der Waals surface area (Å²) in [7, 11) is 1.81. The van der Waals surface area contributed by atoms with E-state index in [0.29, 0.717) is 0 Å². The summed E-state index contributed by atoms with van der Waals surface area (Å²) in [5, 5.41) is 8.76. The van der Waals surface area contributed by atoms with Crippen LogP contribution in [0.5, 0.6) is 0 Å². The predicted molar refractivity (Wildman–Crippen MR) is 103 cm³/mol. The first kappa shape index (κ1) is 18.0. The molecule has 0 radical (unpaired) electrons. The lowest BCUT2D eigenvalue weighted by Crippen LogP contribution is -2.37. The zero-order chi connectivity index (χ0) is 14.0. The fourth-order valence-corrected chi connectivity index (χ4v) is 2.59. The van der Waals surface area contributed by atoms with Crippen molar-refractivity contribution in [2.75, 3.05) is 13.6 Å². The van der Waals surface area contributed by atoms with Crippen molar-refractivity contribution >= 4 is 41.3 Å². The lowest BCUT2D eigenvalue weighted by atomic mass is 10.1. The molecule has 3 nitrogen and oxygen atoms in total. The van der Waals surface area contributed by atoms with Crippen LogP contribution < -0.4 is 10.6 Å². The van der Waals surface area contributed by atoms with Crippen LogP contribution in [0.2, 0.25) is 0 Å². The highest BCUT2D eigenvalue weighted by atomic mass is 127. The first-order chi connectivity index (χ1) is 9.88. The fraction of sp³-hybridized carbons (Fsp3) is 0.312. The van der Waals surface area contributed by atoms with Gasteiger partial charge in [0.05, 0.1) is 6.54 Å². The van der Waals surface area contributed by atoms with E-state index in [9.17, 15) is 0 Å². The van der Waals surface area contributed by atoms with Gasteiger partial charge in [0, 0.05) is 18.5 Å². The Morgan fingerprint density at radius 1 is 1.10 bits per heavy atom. The second-order valence-electron chi connectivity index (χ2n) is 4.52. The third-order valence-electron chi connectivity index (χ3n) is 3.01. The number of halogens is 1. The van der Waals surface area contributed by atoms with Gasteiger partial charge >= 0.3 is 0 Å². The van der Waals surface area contributed by atoms with Gasteiger partial charge < -0.3 is 10.6 Å². The zero-order valence-corrected chi connectivity index (χ0v) is 15.4. The Morgan fingerprint density at radius 3 is 2.57 bits per heavy atom. The Bertz CT molecular complexity index is 512. The third kappa shape index (κ3) is 6.95. The molecular weight excluding hydrogens is 393 g/mol. The number of nitrogens with zero attached hydrogens (tertiary/aromatic N) is 1. The molecule has 21 heavy (non-hydrogen) atoms. The SMILES string of the molecule is CN=C(NCCCc1ccccc1)NCc1cccs1.I. The molecule has 1 heterocycles. The molecule has 0 aliphatic heterocycles. The molecule has 2 N–H and O–H groups in total. The fourth-order valence-electron chi connectivity index (χ4n) is 1.95. The molecule has 0 aliphatic carbocycles. The highest BCUT2D eigenvalue weighted by Crippen LogP contribution is 2.07. The summed E-state index contributed by atoms with van der Waals surface area (Å²) in [6.45, 7) is 1.76. The first-order valence-electron chi connectivity index (χ1n) is 6.89. The Balaban J connectivity index is 0.00000220. The van der Waals surface area contributed by atoms with Crippen molar-refractivity contribution in [2.45, 2.75) is 19.4 Å². The van der Waals surface area contributed by atoms with E-state index in [2.05, 4.69) is 63.5 Å². The molecule has 114 valence electrons. The second-order valence-corrected chi connectivity index (χ2v) is 5.55. The van der Waals surface area contributed by atoms with Crippen LogP contribution in [-0.4, -0.2) is 19.6 Å². The summed E-state index contributed by atoms with van der Waals surface area (Å²) in [6, 6.07) is 14.8. The van der Waals surface area contributed by atoms with E-state index in [4.69, 9.17) is 0 Å². The van der Waals surface area contributed by atoms with Crippen LogP contribution in [0.3, 0.4) is 0 Å². The average molecular weight is 415 g/mol. The largest absolute Gasteiger partial charge is 0.356 e. The molecule has 0 unspecified atom stereocenters. The van der Waals surface area contributed by atoms with E-state index in [1.165, 1.54) is 10.4 Å². The standard InChI is InChI=1S/C16H21N3S.HI/c1-17-16(19-13-15-10-6-12-20-15)18-11-5-9-14-7-3-2-4-8-14;/h2-4,6-8,10,12H,5,9,11,13H2,1H3,(H2,17,18,19);1H. The lowest BCUT2D eigenvalue weighted by Gasteiger charge is -2.11. The highest BCUT2D eigenvalue weighted by molar-refractivity contribution is 14.0. The summed E-state index contributed by atoms with van der Waals surface area (Å²) in [5.74, 6) is 0.867. The van der Waals surface area contributed by atoms with Gasteiger partial charge in [0.15, 0.2) is 5.96 Å². The predicted octanol–water partition coefficient (Wildman–Crippen LogP) is 3.66. The molecule has 0 spiro atoms. The van der Waals surface area contributed by atoms with Gasteiger partial charge in [-0.1, -0.05) is 36.4 Å². The van der Waals surface area contributed by atoms with Gasteiger partial charge in [-0.3, -0.25) is 4.99 Å². The van der Waals surface area contributed by atoms with Crippen molar-refractivity contribution < 1.29 is 0 Å². The first-order valence-corrected chi connectivity index (χ1v) is 7.77. The van der Waals surface area contributed by atoms with Crippen LogP contribution in [0.1, 0.15) is 16.9 Å². The van der Waals surface area contributed by atoms with Crippen LogP contribution in [0.4, 0.5) is 0 Å². The molecular formula is C16H22IN3S. The van der Waals surface area contributed by atoms with Crippen LogP contribution in [0.25, 0.3) is 0 Å². The third-order valence-corrected chi connectivity index (χ3v) is 3.89. The molecule has 0 atom stereocenters. The number of thiophene rings is 1. The highest BCUT2D eigenvalue weighted by Gasteiger charge is 1.98. The Morgan fingerprint density at radius 2 is 1.90 bits per heavy atom. The van der Waals surface area contributed by atoms with Gasteiger partial charge in [-0.2, -0.15) is 0 Å². The number of rotatable bonds is 6. The Kier molecular flexibility index (Phi) is 9.09. The van der Waals surface area contributed by atoms with Gasteiger partial charge in [-0.15, -0.1) is 35.3 Å². The minimum absolute atomic E-state index is 0. The zero-order valence-electron chi connectivity index (χ0n) is 12.2. The van der Waals surface area contributed by atoms with E-state index < -0.39 is 0 Å². The number of aryl methyl sites for hydroxylation is 1. The molecule has 0 saturated carbocycles. The number of hydrogen-bond donors (Lipinski definition) is 2. The molecule has 0 aliphatic rings. The number of nitrogens with one attached hydrogen (secondary N) is 2. The van der Waals surface area contributed by atoms with Crippen molar-refractivity contribution in [3.8, 4) is 0 Å². The van der Waals surface area contributed by atoms with Gasteiger partial charge in [0.1, 0.15) is 0 Å². The molecule has 0 bridgehead atoms. The molecule has 1 aromatic carbocycles. The summed E-state index contributed by atoms with van der Waals surface area (Å²) >= 11 is 1.76. The molecule has 0 fully saturated rings. The van der Waals surface area contributed by atoms with Gasteiger partial charge in [0.25, 0.3) is 0 Å². The van der Waals surface area contributed by atoms with Crippen molar-refractivity contribution in [1.29, 1.82) is 0 Å². The van der Waals surface area contributed by atoms with Crippen LogP contribution >= 0.6 is 35.3 Å². The summed E-state index contributed by atoms with van der Waals surface area (Å²) < 4.78 is 0. The molecule has 1 aromatic heterocycles. The smallest absolute Gasteiger partial charge is 0.191 e. The van der Waals surface area contributed by atoms with Crippen molar-refractivity contribution in [3.63, 3.8) is 0 Å². The van der Waals surface area contributed by atoms with Crippen molar-refractivity contribution in [2.24, 2.45) is 4.99 Å². The number of aliphatic imine (C=N–C) groups is 1. The van der Waals surface area contributed by atoms with E-state index in [-0.39, 0.29) is 24.0 Å². The number of hydrogen-bond acceptors (Lipinski definition) is 2. The number of guanidine groups is 1. The van der Waals surface area contributed by atoms with Gasteiger partial charge in [0.2, 0.25) is 0 Å². The maximum atomic E-state index is 4.23. The molecule has 2 rings (SSSR count). The summed E-state index contributed by atoms with van der Waals surface area (Å²) in [5.41, 5.74) is 1.39. The summed E-state index contributed by atoms with van der Waals surface area (Å²) in [6.07, 6.45) is 2.19. The second kappa shape index (κ2) is 10.6. The van der Waals surface area contributed by atoms with Gasteiger partial charge in [-0.05, 0) is 29.9 Å². The van der Waals surface area contributed by atoms with Crippen molar-refractivity contribution in [1.82, 2.24) is 10.6 Å². The molecule has 5 heteroatoms. The molecule has 0 saturated heterocycles. The Labute approximate surface area is 147 Å². The quantitative estimate of drug-likeness (QED) is 0.327. The average Bonchev–Trinajstić information content (AvgIpc) is 3.01. The van der Waals surface area contributed by atoms with E-state index in [1.54, 1.807) is 18.4 Å². The number of benzene rings is 1. The molecule has 0 amide bonds. The maximum Gasteiger partial charge on any atom is 0.191 e. The minimum Gasteiger partial charge on any atom is -0.356 e. The molecule has 2 aromatic rings. The van der Waals surface area contributed by atoms with Crippen molar-refractivity contribution in [3.05, 3.63) is 58.3 Å². The normalized spacial score (nSPS) is 10.8. The topological polar surface area (TPSA) is 36.4 Å².